The fourth-order valence-corrected chi connectivity index (χ4v) is 5.86. The quantitative estimate of drug-likeness (QED) is 0.688. The van der Waals surface area contributed by atoms with Crippen molar-refractivity contribution in [1.82, 2.24) is 15.2 Å². The largest absolute Gasteiger partial charge is 0.352 e. The Bertz CT molecular complexity index is 712. The SMILES string of the molecule is S=C1N[C@H](c2ccccn2)[C@H](c2ccc(Br)s2)N1C1CCCCC1. The van der Waals surface area contributed by atoms with Crippen LogP contribution in [0.25, 0.3) is 0 Å². The van der Waals surface area contributed by atoms with Crippen LogP contribution in [0.4, 0.5) is 0 Å². The maximum Gasteiger partial charge on any atom is 0.170 e. The molecule has 0 radical (unpaired) electrons. The van der Waals surface area contributed by atoms with Crippen LogP contribution in [0.2, 0.25) is 0 Å². The molecule has 2 aromatic heterocycles. The van der Waals surface area contributed by atoms with Gasteiger partial charge in [0.1, 0.15) is 0 Å². The fraction of sp³-hybridized carbons (Fsp3) is 0.444. The molecular weight excluding hydrogens is 402 g/mol. The summed E-state index contributed by atoms with van der Waals surface area (Å²) >= 11 is 11.2. The molecule has 6 heteroatoms. The lowest BCUT2D eigenvalue weighted by Gasteiger charge is -2.36. The normalized spacial score (nSPS) is 25.0. The Balaban J connectivity index is 1.73. The molecule has 4 rings (SSSR count). The second-order valence-electron chi connectivity index (χ2n) is 6.47. The van der Waals surface area contributed by atoms with E-state index in [0.29, 0.717) is 6.04 Å². The van der Waals surface area contributed by atoms with Crippen LogP contribution in [-0.2, 0) is 0 Å². The van der Waals surface area contributed by atoms with Crippen molar-refractivity contribution in [1.29, 1.82) is 0 Å². The number of thiocarbonyl (C=S) groups is 1. The Morgan fingerprint density at radius 1 is 1.17 bits per heavy atom. The van der Waals surface area contributed by atoms with E-state index in [2.05, 4.69) is 55.4 Å². The van der Waals surface area contributed by atoms with Crippen LogP contribution in [0.3, 0.4) is 0 Å². The smallest absolute Gasteiger partial charge is 0.170 e. The highest BCUT2D eigenvalue weighted by molar-refractivity contribution is 9.11. The average Bonchev–Trinajstić information content (AvgIpc) is 3.19. The average molecular weight is 422 g/mol. The zero-order valence-corrected chi connectivity index (χ0v) is 16.5. The Hall–Kier alpha value is -0.980. The summed E-state index contributed by atoms with van der Waals surface area (Å²) in [7, 11) is 0. The lowest BCUT2D eigenvalue weighted by Crippen LogP contribution is -2.40. The molecule has 1 aliphatic heterocycles. The number of thiophene rings is 1. The maximum atomic E-state index is 5.76. The highest BCUT2D eigenvalue weighted by Crippen LogP contribution is 2.44. The first-order valence-corrected chi connectivity index (χ1v) is 10.5. The van der Waals surface area contributed by atoms with E-state index in [1.54, 1.807) is 11.3 Å². The molecule has 3 heterocycles. The Kier molecular flexibility index (Phi) is 4.88. The summed E-state index contributed by atoms with van der Waals surface area (Å²) in [6.45, 7) is 0. The molecule has 1 saturated heterocycles. The van der Waals surface area contributed by atoms with Crippen LogP contribution in [0.15, 0.2) is 40.3 Å². The molecule has 2 atom stereocenters. The summed E-state index contributed by atoms with van der Waals surface area (Å²) in [6, 6.07) is 11.4. The van der Waals surface area contributed by atoms with E-state index in [1.807, 2.05) is 12.3 Å². The number of nitrogens with zero attached hydrogens (tertiary/aromatic N) is 2. The van der Waals surface area contributed by atoms with Gasteiger partial charge in [0.15, 0.2) is 5.11 Å². The second-order valence-corrected chi connectivity index (χ2v) is 9.35. The number of hydrogen-bond acceptors (Lipinski definition) is 3. The van der Waals surface area contributed by atoms with Gasteiger partial charge in [-0.2, -0.15) is 0 Å². The third kappa shape index (κ3) is 3.11. The van der Waals surface area contributed by atoms with Gasteiger partial charge in [0, 0.05) is 17.1 Å². The van der Waals surface area contributed by atoms with E-state index < -0.39 is 0 Å². The molecule has 2 aromatic rings. The number of halogens is 1. The third-order valence-corrected chi connectivity index (χ3v) is 7.01. The van der Waals surface area contributed by atoms with Gasteiger partial charge in [0.05, 0.1) is 21.6 Å². The van der Waals surface area contributed by atoms with Gasteiger partial charge in [0.25, 0.3) is 0 Å². The van der Waals surface area contributed by atoms with Crippen LogP contribution in [0, 0.1) is 0 Å². The molecule has 0 bridgehead atoms. The molecule has 0 aromatic carbocycles. The summed E-state index contributed by atoms with van der Waals surface area (Å²) in [4.78, 5) is 8.41. The van der Waals surface area contributed by atoms with Gasteiger partial charge in [-0.15, -0.1) is 11.3 Å². The van der Waals surface area contributed by atoms with E-state index in [-0.39, 0.29) is 12.1 Å². The second kappa shape index (κ2) is 7.10. The highest BCUT2D eigenvalue weighted by atomic mass is 79.9. The molecule has 0 amide bonds. The van der Waals surface area contributed by atoms with Crippen LogP contribution in [0.5, 0.6) is 0 Å². The Morgan fingerprint density at radius 2 is 2.00 bits per heavy atom. The number of hydrogen-bond donors (Lipinski definition) is 1. The lowest BCUT2D eigenvalue weighted by molar-refractivity contribution is 0.199. The molecule has 1 aliphatic carbocycles. The standard InChI is InChI=1S/C18H20BrN3S2/c19-15-10-9-14(24-15)17-16(13-8-4-5-11-20-13)21-18(23)22(17)12-6-2-1-3-7-12/h4-5,8-12,16-17H,1-3,6-7H2,(H,21,23)/t16-,17+/m1/s1. The molecule has 1 saturated carbocycles. The van der Waals surface area contributed by atoms with Gasteiger partial charge in [-0.1, -0.05) is 25.3 Å². The predicted molar refractivity (Wildman–Crippen MR) is 106 cm³/mol. The van der Waals surface area contributed by atoms with E-state index in [4.69, 9.17) is 12.2 Å². The minimum absolute atomic E-state index is 0.117. The molecule has 3 nitrogen and oxygen atoms in total. The molecule has 126 valence electrons. The summed E-state index contributed by atoms with van der Waals surface area (Å²) < 4.78 is 1.17. The minimum Gasteiger partial charge on any atom is -0.352 e. The summed E-state index contributed by atoms with van der Waals surface area (Å²) in [6.07, 6.45) is 8.30. The van der Waals surface area contributed by atoms with Crippen LogP contribution in [-0.4, -0.2) is 21.0 Å². The first kappa shape index (κ1) is 16.5. The van der Waals surface area contributed by atoms with Crippen LogP contribution in [0.1, 0.15) is 54.8 Å². The molecule has 2 aliphatic rings. The van der Waals surface area contributed by atoms with Crippen molar-refractivity contribution in [3.63, 3.8) is 0 Å². The molecule has 2 fully saturated rings. The number of aromatic nitrogens is 1. The fourth-order valence-electron chi connectivity index (χ4n) is 3.91. The highest BCUT2D eigenvalue weighted by Gasteiger charge is 2.43. The Morgan fingerprint density at radius 3 is 2.67 bits per heavy atom. The summed E-state index contributed by atoms with van der Waals surface area (Å²) in [5.74, 6) is 0. The zero-order valence-electron chi connectivity index (χ0n) is 13.3. The van der Waals surface area contributed by atoms with Crippen molar-refractivity contribution in [3.8, 4) is 0 Å². The van der Waals surface area contributed by atoms with Gasteiger partial charge in [-0.05, 0) is 65.3 Å². The van der Waals surface area contributed by atoms with Crippen LogP contribution >= 0.6 is 39.5 Å². The van der Waals surface area contributed by atoms with Gasteiger partial charge in [0.2, 0.25) is 0 Å². The Labute approximate surface area is 160 Å². The van der Waals surface area contributed by atoms with E-state index in [1.165, 1.54) is 40.8 Å². The summed E-state index contributed by atoms with van der Waals surface area (Å²) in [5, 5.41) is 4.44. The first-order chi connectivity index (χ1) is 11.7. The topological polar surface area (TPSA) is 28.2 Å². The van der Waals surface area contributed by atoms with Gasteiger partial charge < -0.3 is 10.2 Å². The van der Waals surface area contributed by atoms with Crippen LogP contribution < -0.4 is 5.32 Å². The molecular formula is C18H20BrN3S2. The lowest BCUT2D eigenvalue weighted by atomic mass is 9.92. The van der Waals surface area contributed by atoms with E-state index in [9.17, 15) is 0 Å². The van der Waals surface area contributed by atoms with E-state index >= 15 is 0 Å². The first-order valence-electron chi connectivity index (χ1n) is 8.49. The van der Waals surface area contributed by atoms with Crippen molar-refractivity contribution < 1.29 is 0 Å². The van der Waals surface area contributed by atoms with Crippen molar-refractivity contribution in [2.45, 2.75) is 50.2 Å². The summed E-state index contributed by atoms with van der Waals surface area (Å²) in [5.41, 5.74) is 1.06. The number of pyridine rings is 1. The molecule has 24 heavy (non-hydrogen) atoms. The molecule has 1 N–H and O–H groups in total. The number of nitrogens with one attached hydrogen (secondary N) is 1. The van der Waals surface area contributed by atoms with Crippen molar-refractivity contribution in [3.05, 3.63) is 50.9 Å². The van der Waals surface area contributed by atoms with Gasteiger partial charge >= 0.3 is 0 Å². The monoisotopic (exact) mass is 421 g/mol. The third-order valence-electron chi connectivity index (χ3n) is 4.99. The molecule has 0 spiro atoms. The molecule has 0 unspecified atom stereocenters. The predicted octanol–water partition coefficient (Wildman–Crippen LogP) is 5.21. The van der Waals surface area contributed by atoms with Gasteiger partial charge in [-0.3, -0.25) is 4.98 Å². The maximum absolute atomic E-state index is 5.76. The van der Waals surface area contributed by atoms with E-state index in [0.717, 1.165) is 10.8 Å². The van der Waals surface area contributed by atoms with Crippen molar-refractivity contribution in [2.24, 2.45) is 0 Å². The minimum atomic E-state index is 0.117. The van der Waals surface area contributed by atoms with Gasteiger partial charge in [-0.25, -0.2) is 0 Å². The zero-order chi connectivity index (χ0) is 16.5. The van der Waals surface area contributed by atoms with Crippen molar-refractivity contribution >= 4 is 44.6 Å². The van der Waals surface area contributed by atoms with Crippen molar-refractivity contribution in [2.75, 3.05) is 0 Å². The number of rotatable bonds is 3.